The number of fused-ring (bicyclic) bond motifs is 2. The van der Waals surface area contributed by atoms with Crippen molar-refractivity contribution in [3.8, 4) is 11.4 Å². The van der Waals surface area contributed by atoms with E-state index in [1.54, 1.807) is 11.7 Å². The number of carbonyl (C=O) groups is 1. The number of benzene rings is 2. The van der Waals surface area contributed by atoms with Crippen molar-refractivity contribution >= 4 is 34.0 Å². The van der Waals surface area contributed by atoms with E-state index >= 15 is 0 Å². The number of nitrogen functional groups attached to an aromatic ring is 1. The van der Waals surface area contributed by atoms with E-state index in [4.69, 9.17) is 25.2 Å². The van der Waals surface area contributed by atoms with Gasteiger partial charge in [0.05, 0.1) is 30.4 Å². The molecule has 178 valence electrons. The number of ether oxygens (including phenoxy) is 2. The van der Waals surface area contributed by atoms with Crippen molar-refractivity contribution in [2.45, 2.75) is 51.9 Å². The Hall–Kier alpha value is -3.61. The Morgan fingerprint density at radius 3 is 2.29 bits per heavy atom. The number of anilines is 1. The number of nitrogens with zero attached hydrogens (tertiary/aromatic N) is 3. The fourth-order valence-corrected chi connectivity index (χ4v) is 4.22. The van der Waals surface area contributed by atoms with Crippen molar-refractivity contribution in [1.82, 2.24) is 14.5 Å². The number of hydrogen-bond donors (Lipinski definition) is 1. The molecule has 0 aliphatic rings. The van der Waals surface area contributed by atoms with Gasteiger partial charge in [-0.1, -0.05) is 69.7 Å². The van der Waals surface area contributed by atoms with Crippen molar-refractivity contribution < 1.29 is 14.3 Å². The van der Waals surface area contributed by atoms with E-state index in [1.807, 2.05) is 48.5 Å². The molecule has 0 aliphatic carbocycles. The number of para-hydroxylation sites is 4. The average Bonchev–Trinajstić information content (AvgIpc) is 3.14. The second kappa shape index (κ2) is 11.0. The molecule has 2 N–H and O–H groups in total. The minimum absolute atomic E-state index is 0.236. The van der Waals surface area contributed by atoms with Crippen molar-refractivity contribution in [2.75, 3.05) is 19.5 Å². The minimum Gasteiger partial charge on any atom is -0.495 e. The van der Waals surface area contributed by atoms with Crippen molar-refractivity contribution in [1.29, 1.82) is 0 Å². The number of aromatic nitrogens is 3. The van der Waals surface area contributed by atoms with E-state index in [9.17, 15) is 4.79 Å². The molecule has 0 radical (unpaired) electrons. The maximum atomic E-state index is 13.2. The summed E-state index contributed by atoms with van der Waals surface area (Å²) >= 11 is 0. The molecule has 7 heteroatoms. The predicted octanol–water partition coefficient (Wildman–Crippen LogP) is 6.07. The minimum atomic E-state index is -0.480. The van der Waals surface area contributed by atoms with Gasteiger partial charge in [-0.2, -0.15) is 0 Å². The lowest BCUT2D eigenvalue weighted by Crippen LogP contribution is -2.10. The van der Waals surface area contributed by atoms with Gasteiger partial charge < -0.3 is 15.2 Å². The van der Waals surface area contributed by atoms with Crippen LogP contribution in [-0.4, -0.2) is 34.2 Å². The highest BCUT2D eigenvalue weighted by atomic mass is 16.5. The SMILES string of the molecule is CCCCCCCCCOC(=O)c1c(N)n(-c2ccccc2OC)c2nc3ccccc3nc12. The molecule has 2 aromatic heterocycles. The Labute approximate surface area is 199 Å². The van der Waals surface area contributed by atoms with Crippen LogP contribution >= 0.6 is 0 Å². The van der Waals surface area contributed by atoms with Crippen LogP contribution in [0.5, 0.6) is 5.75 Å². The summed E-state index contributed by atoms with van der Waals surface area (Å²) in [5, 5.41) is 0. The van der Waals surface area contributed by atoms with Gasteiger partial charge in [-0.05, 0) is 30.7 Å². The molecule has 0 fully saturated rings. The zero-order chi connectivity index (χ0) is 23.9. The molecule has 0 saturated heterocycles. The van der Waals surface area contributed by atoms with Gasteiger partial charge in [0.25, 0.3) is 0 Å². The Kier molecular flexibility index (Phi) is 7.62. The first-order valence-corrected chi connectivity index (χ1v) is 12.0. The third-order valence-corrected chi connectivity index (χ3v) is 6.01. The summed E-state index contributed by atoms with van der Waals surface area (Å²) in [6.07, 6.45) is 8.04. The Bertz CT molecular complexity index is 1280. The quantitative estimate of drug-likeness (QED) is 0.216. The number of esters is 1. The fraction of sp³-hybridized carbons (Fsp3) is 0.370. The van der Waals surface area contributed by atoms with Gasteiger partial charge in [-0.3, -0.25) is 4.57 Å². The zero-order valence-electron chi connectivity index (χ0n) is 19.9. The standard InChI is InChI=1S/C27H32N4O3/c1-3-4-5-6-7-8-13-18-34-27(32)23-24-26(30-20-15-10-9-14-19(20)29-24)31(25(23)28)21-16-11-12-17-22(21)33-2/h9-12,14-17H,3-8,13,18,28H2,1-2H3. The Morgan fingerprint density at radius 1 is 0.912 bits per heavy atom. The third kappa shape index (κ3) is 4.83. The van der Waals surface area contributed by atoms with Crippen LogP contribution in [0.4, 0.5) is 5.82 Å². The molecular weight excluding hydrogens is 428 g/mol. The molecule has 0 bridgehead atoms. The van der Waals surface area contributed by atoms with Crippen molar-refractivity contribution in [3.63, 3.8) is 0 Å². The first-order valence-electron chi connectivity index (χ1n) is 12.0. The summed E-state index contributed by atoms with van der Waals surface area (Å²) in [7, 11) is 1.60. The van der Waals surface area contributed by atoms with E-state index in [1.165, 1.54) is 25.7 Å². The lowest BCUT2D eigenvalue weighted by atomic mass is 10.1. The second-order valence-electron chi connectivity index (χ2n) is 8.41. The Balaban J connectivity index is 1.66. The van der Waals surface area contributed by atoms with E-state index in [0.29, 0.717) is 40.2 Å². The molecular formula is C27H32N4O3. The largest absolute Gasteiger partial charge is 0.495 e. The summed E-state index contributed by atoms with van der Waals surface area (Å²) < 4.78 is 12.9. The molecule has 0 aliphatic heterocycles. The number of unbranched alkanes of at least 4 members (excludes halogenated alkanes) is 6. The first kappa shape index (κ1) is 23.5. The van der Waals surface area contributed by atoms with Gasteiger partial charge in [0, 0.05) is 0 Å². The highest BCUT2D eigenvalue weighted by molar-refractivity contribution is 6.09. The number of methoxy groups -OCH3 is 1. The van der Waals surface area contributed by atoms with Crippen LogP contribution in [0.2, 0.25) is 0 Å². The molecule has 7 nitrogen and oxygen atoms in total. The van der Waals surface area contributed by atoms with Gasteiger partial charge in [0.2, 0.25) is 0 Å². The number of nitrogens with two attached hydrogens (primary N) is 1. The molecule has 0 amide bonds. The summed E-state index contributed by atoms with van der Waals surface area (Å²) in [5.41, 5.74) is 9.80. The van der Waals surface area contributed by atoms with Crippen LogP contribution < -0.4 is 10.5 Å². The summed E-state index contributed by atoms with van der Waals surface area (Å²) in [4.78, 5) is 22.7. The van der Waals surface area contributed by atoms with Gasteiger partial charge in [0.15, 0.2) is 5.65 Å². The van der Waals surface area contributed by atoms with Crippen LogP contribution in [-0.2, 0) is 4.74 Å². The van der Waals surface area contributed by atoms with E-state index < -0.39 is 5.97 Å². The van der Waals surface area contributed by atoms with E-state index in [-0.39, 0.29) is 11.4 Å². The average molecular weight is 461 g/mol. The number of carbonyl (C=O) groups excluding carboxylic acids is 1. The molecule has 4 rings (SSSR count). The lowest BCUT2D eigenvalue weighted by molar-refractivity contribution is 0.0501. The molecule has 0 unspecified atom stereocenters. The Morgan fingerprint density at radius 2 is 1.56 bits per heavy atom. The highest BCUT2D eigenvalue weighted by Crippen LogP contribution is 2.34. The summed E-state index contributed by atoms with van der Waals surface area (Å²) in [6.45, 7) is 2.57. The van der Waals surface area contributed by atoms with E-state index in [0.717, 1.165) is 19.3 Å². The predicted molar refractivity (Wildman–Crippen MR) is 136 cm³/mol. The summed E-state index contributed by atoms with van der Waals surface area (Å²) in [5.74, 6) is 0.370. The van der Waals surface area contributed by atoms with Crippen LogP contribution in [0.3, 0.4) is 0 Å². The van der Waals surface area contributed by atoms with Crippen LogP contribution in [0.25, 0.3) is 27.9 Å². The fourth-order valence-electron chi connectivity index (χ4n) is 4.22. The monoisotopic (exact) mass is 460 g/mol. The van der Waals surface area contributed by atoms with Gasteiger partial charge >= 0.3 is 5.97 Å². The van der Waals surface area contributed by atoms with Gasteiger partial charge in [-0.15, -0.1) is 0 Å². The smallest absolute Gasteiger partial charge is 0.344 e. The van der Waals surface area contributed by atoms with Crippen molar-refractivity contribution in [3.05, 3.63) is 54.1 Å². The van der Waals surface area contributed by atoms with Gasteiger partial charge in [-0.25, -0.2) is 14.8 Å². The molecule has 0 spiro atoms. The molecule has 4 aromatic rings. The maximum absolute atomic E-state index is 13.2. The zero-order valence-corrected chi connectivity index (χ0v) is 19.9. The highest BCUT2D eigenvalue weighted by Gasteiger charge is 2.27. The molecule has 34 heavy (non-hydrogen) atoms. The first-order chi connectivity index (χ1) is 16.7. The second-order valence-corrected chi connectivity index (χ2v) is 8.41. The van der Waals surface area contributed by atoms with Crippen LogP contribution in [0.15, 0.2) is 48.5 Å². The number of hydrogen-bond acceptors (Lipinski definition) is 6. The molecule has 2 aromatic carbocycles. The lowest BCUT2D eigenvalue weighted by Gasteiger charge is -2.12. The van der Waals surface area contributed by atoms with Crippen molar-refractivity contribution in [2.24, 2.45) is 0 Å². The van der Waals surface area contributed by atoms with E-state index in [2.05, 4.69) is 6.92 Å². The molecule has 2 heterocycles. The molecule has 0 saturated carbocycles. The third-order valence-electron chi connectivity index (χ3n) is 6.01. The van der Waals surface area contributed by atoms with Crippen LogP contribution in [0.1, 0.15) is 62.2 Å². The summed E-state index contributed by atoms with van der Waals surface area (Å²) in [6, 6.07) is 15.0. The normalized spacial score (nSPS) is 11.2. The topological polar surface area (TPSA) is 92.3 Å². The molecule has 0 atom stereocenters. The maximum Gasteiger partial charge on any atom is 0.344 e. The van der Waals surface area contributed by atoms with Gasteiger partial charge in [0.1, 0.15) is 22.6 Å². The number of rotatable bonds is 11. The van der Waals surface area contributed by atoms with Crippen LogP contribution in [0, 0.1) is 0 Å².